The Morgan fingerprint density at radius 3 is 2.11 bits per heavy atom. The van der Waals surface area contributed by atoms with E-state index in [4.69, 9.17) is 17.9 Å². The number of nitrogens with zero attached hydrogens (tertiary/aromatic N) is 4. The van der Waals surface area contributed by atoms with Gasteiger partial charge in [-0.25, -0.2) is 4.98 Å². The second-order valence-electron chi connectivity index (χ2n) is 18.4. The van der Waals surface area contributed by atoms with Gasteiger partial charge in [-0.2, -0.15) is 0 Å². The first kappa shape index (κ1) is 25.8. The number of aromatic nitrogens is 4. The quantitative estimate of drug-likeness (QED) is 0.131. The lowest BCUT2D eigenvalue weighted by Gasteiger charge is -2.43. The Kier molecular flexibility index (Phi) is 5.66. The largest absolute Gasteiger partial charge is 0.458 e. The number of fused-ring (bicyclic) bond motifs is 12. The van der Waals surface area contributed by atoms with E-state index in [0.717, 1.165) is 57.2 Å². The standard InChI is InChI=1S/C56H50N4O/c1-54(2,3)36-26-29-57-52(30-36)60-48-23-15-13-21-44(48)45-25-24-37(32-49(45)60)61-38-31-46-53(56(6,7)28-27-55(46,4)5)50(33-38)58-34-51-43-20-11-10-18-41(43)39-16-8-9-17-40(39)42-19-12-14-22-47(42)59(51)35-58/h8-26,29-34H,27-28H2,1-7H3/i8D,9D,10D,11D,12D,14D,16D,17D,18D,19D,20D,22D,34D. The number of hydrogen-bond donors (Lipinski definition) is 0. The number of para-hydroxylation sites is 2. The molecule has 11 rings (SSSR count). The molecule has 0 saturated carbocycles. The van der Waals surface area contributed by atoms with E-state index in [2.05, 4.69) is 77.6 Å². The first-order chi connectivity index (χ1) is 34.8. The summed E-state index contributed by atoms with van der Waals surface area (Å²) < 4.78 is 131. The van der Waals surface area contributed by atoms with Gasteiger partial charge in [0.25, 0.3) is 6.33 Å². The maximum Gasteiger partial charge on any atom is 0.269 e. The third-order valence-electron chi connectivity index (χ3n) is 12.5. The smallest absolute Gasteiger partial charge is 0.269 e. The van der Waals surface area contributed by atoms with E-state index in [0.29, 0.717) is 17.2 Å². The Hall–Kier alpha value is -6.72. The number of benzene rings is 6. The predicted octanol–water partition coefficient (Wildman–Crippen LogP) is 13.8. The molecule has 2 aliphatic rings. The van der Waals surface area contributed by atoms with Crippen LogP contribution >= 0.6 is 0 Å². The zero-order valence-electron chi connectivity index (χ0n) is 48.0. The molecule has 5 heteroatoms. The Bertz CT molecular complexity index is 3980. The molecule has 0 atom stereocenters. The van der Waals surface area contributed by atoms with Crippen LogP contribution in [0.2, 0.25) is 0 Å². The fraction of sp³-hybridized carbons (Fsp3) is 0.214. The number of hydrogen-bond acceptors (Lipinski definition) is 2. The van der Waals surface area contributed by atoms with Gasteiger partial charge in [0.15, 0.2) is 0 Å². The van der Waals surface area contributed by atoms with Crippen molar-refractivity contribution in [3.63, 3.8) is 0 Å². The molecule has 9 aromatic rings. The third kappa shape index (κ3) is 5.96. The van der Waals surface area contributed by atoms with Crippen LogP contribution in [0.15, 0.2) is 152 Å². The van der Waals surface area contributed by atoms with Crippen LogP contribution in [0.3, 0.4) is 0 Å². The summed E-state index contributed by atoms with van der Waals surface area (Å²) in [7, 11) is 0. The number of pyridine rings is 1. The summed E-state index contributed by atoms with van der Waals surface area (Å²) in [5.74, 6) is 1.65. The summed E-state index contributed by atoms with van der Waals surface area (Å²) in [4.78, 5) is 4.85. The minimum Gasteiger partial charge on any atom is -0.458 e. The van der Waals surface area contributed by atoms with Gasteiger partial charge in [0.2, 0.25) is 0 Å². The lowest BCUT2D eigenvalue weighted by atomic mass is 9.62. The highest BCUT2D eigenvalue weighted by Gasteiger charge is 2.40. The van der Waals surface area contributed by atoms with E-state index in [1.165, 1.54) is 9.13 Å². The zero-order valence-corrected chi connectivity index (χ0v) is 35.0. The average Bonchev–Trinajstić information content (AvgIpc) is 3.90. The molecule has 0 amide bonds. The summed E-state index contributed by atoms with van der Waals surface area (Å²) in [6, 6.07) is 13.8. The summed E-state index contributed by atoms with van der Waals surface area (Å²) in [6.45, 7) is 15.0. The lowest BCUT2D eigenvalue weighted by molar-refractivity contribution is -0.587. The van der Waals surface area contributed by atoms with Gasteiger partial charge in [0.1, 0.15) is 17.3 Å². The molecule has 6 aromatic carbocycles. The molecule has 1 aliphatic heterocycles. The van der Waals surface area contributed by atoms with Crippen LogP contribution in [0.1, 0.15) is 95.8 Å². The van der Waals surface area contributed by atoms with E-state index < -0.39 is 88.9 Å². The van der Waals surface area contributed by atoms with Crippen molar-refractivity contribution in [3.8, 4) is 62.2 Å². The average molecular weight is 808 g/mol. The van der Waals surface area contributed by atoms with Crippen LogP contribution in [-0.2, 0) is 16.2 Å². The van der Waals surface area contributed by atoms with Crippen molar-refractivity contribution >= 4 is 21.8 Å². The van der Waals surface area contributed by atoms with E-state index in [1.807, 2.05) is 48.7 Å². The number of ether oxygens (including phenoxy) is 1. The Balaban J connectivity index is 1.22. The predicted molar refractivity (Wildman–Crippen MR) is 249 cm³/mol. The summed E-state index contributed by atoms with van der Waals surface area (Å²) in [6.07, 6.45) is 6.22. The van der Waals surface area contributed by atoms with Crippen LogP contribution in [0, 0.1) is 6.33 Å². The molecular weight excluding hydrogens is 745 g/mol. The molecule has 0 unspecified atom stereocenters. The molecular formula is C56H50N4O. The van der Waals surface area contributed by atoms with Crippen molar-refractivity contribution in [2.75, 3.05) is 0 Å². The minimum absolute atomic E-state index is 0.134. The SMILES string of the molecule is [2H]c1c([2H])c([2H])c2c(c1[2H])-c1c([2H])c([2H])c([2H])c([2H])c1-c1c([2H])n(-c3cc(Oc4ccc5c6ccccc6n(-c6cc(C(C)(C)C)ccn6)c5c4)cc4c3C(C)(C)CCC4(C)C)[c-][n+]1-c1c([2H])c([2H])c([2H])c([2H])c1-2. The van der Waals surface area contributed by atoms with Gasteiger partial charge in [0.05, 0.1) is 45.9 Å². The van der Waals surface area contributed by atoms with E-state index in [-0.39, 0.29) is 45.2 Å². The van der Waals surface area contributed by atoms with Crippen molar-refractivity contribution in [1.29, 1.82) is 0 Å². The van der Waals surface area contributed by atoms with E-state index in [9.17, 15) is 9.60 Å². The zero-order chi connectivity index (χ0) is 53.2. The lowest BCUT2D eigenvalue weighted by Crippen LogP contribution is -2.35. The molecule has 3 aromatic heterocycles. The highest BCUT2D eigenvalue weighted by molar-refractivity contribution is 6.09. The molecule has 300 valence electrons. The Morgan fingerprint density at radius 2 is 1.34 bits per heavy atom. The van der Waals surface area contributed by atoms with Crippen LogP contribution in [0.5, 0.6) is 11.5 Å². The second-order valence-corrected chi connectivity index (χ2v) is 18.4. The van der Waals surface area contributed by atoms with E-state index >= 15 is 0 Å². The van der Waals surface area contributed by atoms with Gasteiger partial charge < -0.3 is 4.74 Å². The van der Waals surface area contributed by atoms with Crippen molar-refractivity contribution in [3.05, 3.63) is 175 Å². The highest BCUT2D eigenvalue weighted by atomic mass is 16.5. The topological polar surface area (TPSA) is 35.9 Å². The first-order valence-electron chi connectivity index (χ1n) is 27.0. The van der Waals surface area contributed by atoms with Crippen molar-refractivity contribution in [2.24, 2.45) is 0 Å². The Labute approximate surface area is 376 Å². The van der Waals surface area contributed by atoms with Gasteiger partial charge >= 0.3 is 0 Å². The first-order valence-corrected chi connectivity index (χ1v) is 20.5. The van der Waals surface area contributed by atoms with Gasteiger partial charge in [-0.15, -0.1) is 0 Å². The molecule has 0 saturated heterocycles. The van der Waals surface area contributed by atoms with Gasteiger partial charge in [-0.3, -0.25) is 13.7 Å². The van der Waals surface area contributed by atoms with Crippen LogP contribution in [0.4, 0.5) is 0 Å². The molecule has 4 heterocycles. The summed E-state index contributed by atoms with van der Waals surface area (Å²) >= 11 is 0. The summed E-state index contributed by atoms with van der Waals surface area (Å²) in [5.41, 5.74) is 1.63. The Morgan fingerprint density at radius 1 is 0.689 bits per heavy atom. The fourth-order valence-electron chi connectivity index (χ4n) is 9.16. The molecule has 61 heavy (non-hydrogen) atoms. The van der Waals surface area contributed by atoms with Crippen LogP contribution in [0.25, 0.3) is 72.5 Å². The number of rotatable bonds is 4. The monoisotopic (exact) mass is 807 g/mol. The van der Waals surface area contributed by atoms with Crippen molar-refractivity contribution in [1.82, 2.24) is 14.1 Å². The summed E-state index contributed by atoms with van der Waals surface area (Å²) in [5, 5.41) is 2.03. The third-order valence-corrected chi connectivity index (χ3v) is 12.5. The van der Waals surface area contributed by atoms with Crippen molar-refractivity contribution in [2.45, 2.75) is 77.6 Å². The molecule has 0 N–H and O–H groups in total. The minimum atomic E-state index is -0.724. The molecule has 0 radical (unpaired) electrons. The fourth-order valence-corrected chi connectivity index (χ4v) is 9.16. The molecule has 1 aliphatic carbocycles. The highest BCUT2D eigenvalue weighted by Crippen LogP contribution is 2.50. The maximum atomic E-state index is 10.3. The van der Waals surface area contributed by atoms with Crippen LogP contribution in [-0.4, -0.2) is 14.1 Å². The van der Waals surface area contributed by atoms with Crippen LogP contribution < -0.4 is 9.30 Å². The molecule has 0 spiro atoms. The molecule has 0 bridgehead atoms. The second kappa shape index (κ2) is 13.4. The normalized spacial score (nSPS) is 17.9. The number of imidazole rings is 1. The van der Waals surface area contributed by atoms with E-state index in [1.54, 1.807) is 6.07 Å². The molecule has 5 nitrogen and oxygen atoms in total. The van der Waals surface area contributed by atoms with Gasteiger partial charge in [-0.05, 0) is 122 Å². The van der Waals surface area contributed by atoms with Crippen molar-refractivity contribution < 1.29 is 27.1 Å². The van der Waals surface area contributed by atoms with Gasteiger partial charge in [0, 0.05) is 29.2 Å². The molecule has 0 fully saturated rings. The van der Waals surface area contributed by atoms with Gasteiger partial charge in [-0.1, -0.05) is 133 Å². The maximum absolute atomic E-state index is 10.3.